The third-order valence-electron chi connectivity index (χ3n) is 5.76. The van der Waals surface area contributed by atoms with E-state index in [1.54, 1.807) is 30.2 Å². The standard InChI is InChI=1S/C24H31FN4O2/c1-3-4-12-27-24(31)29-16-19(23(30)28-15-20-7-5-6-13-26-20)9-11-22(29)18-8-10-21(25)17(2)14-18/h5-8,10,13-14,19,22H,3-4,9,11-12,15-16H2,1-2H3,(H,27,31)(H,28,30). The number of nitrogens with one attached hydrogen (secondary N) is 2. The van der Waals surface area contributed by atoms with Gasteiger partial charge in [0.1, 0.15) is 5.82 Å². The third-order valence-corrected chi connectivity index (χ3v) is 5.76. The average Bonchev–Trinajstić information content (AvgIpc) is 2.79. The second-order valence-electron chi connectivity index (χ2n) is 8.08. The quantitative estimate of drug-likeness (QED) is 0.655. The molecule has 1 fully saturated rings. The average molecular weight is 427 g/mol. The minimum absolute atomic E-state index is 0.0780. The molecule has 0 bridgehead atoms. The Morgan fingerprint density at radius 1 is 1.19 bits per heavy atom. The largest absolute Gasteiger partial charge is 0.350 e. The third kappa shape index (κ3) is 6.03. The number of hydrogen-bond acceptors (Lipinski definition) is 3. The van der Waals surface area contributed by atoms with Crippen LogP contribution in [-0.2, 0) is 11.3 Å². The molecule has 0 spiro atoms. The van der Waals surface area contributed by atoms with Gasteiger partial charge in [-0.25, -0.2) is 9.18 Å². The molecule has 3 rings (SSSR count). The lowest BCUT2D eigenvalue weighted by Gasteiger charge is -2.39. The van der Waals surface area contributed by atoms with E-state index < -0.39 is 0 Å². The van der Waals surface area contributed by atoms with Crippen LogP contribution in [0.15, 0.2) is 42.6 Å². The van der Waals surface area contributed by atoms with Gasteiger partial charge in [0.15, 0.2) is 0 Å². The number of benzene rings is 1. The Morgan fingerprint density at radius 3 is 2.74 bits per heavy atom. The summed E-state index contributed by atoms with van der Waals surface area (Å²) in [6.45, 7) is 5.07. The fourth-order valence-electron chi connectivity index (χ4n) is 3.93. The maximum Gasteiger partial charge on any atom is 0.317 e. The summed E-state index contributed by atoms with van der Waals surface area (Å²) < 4.78 is 13.8. The van der Waals surface area contributed by atoms with Crippen molar-refractivity contribution in [3.8, 4) is 0 Å². The van der Waals surface area contributed by atoms with E-state index in [1.807, 2.05) is 18.2 Å². The first-order valence-corrected chi connectivity index (χ1v) is 11.0. The smallest absolute Gasteiger partial charge is 0.317 e. The van der Waals surface area contributed by atoms with Gasteiger partial charge in [-0.2, -0.15) is 0 Å². The molecule has 0 radical (unpaired) electrons. The molecule has 2 N–H and O–H groups in total. The van der Waals surface area contributed by atoms with E-state index in [0.29, 0.717) is 38.0 Å². The van der Waals surface area contributed by atoms with Gasteiger partial charge in [-0.15, -0.1) is 0 Å². The van der Waals surface area contributed by atoms with Crippen molar-refractivity contribution in [2.45, 2.75) is 52.1 Å². The Kier molecular flexibility index (Phi) is 7.98. The van der Waals surface area contributed by atoms with E-state index in [0.717, 1.165) is 24.1 Å². The van der Waals surface area contributed by atoms with Gasteiger partial charge in [-0.3, -0.25) is 9.78 Å². The van der Waals surface area contributed by atoms with Crippen LogP contribution >= 0.6 is 0 Å². The lowest BCUT2D eigenvalue weighted by Crippen LogP contribution is -2.50. The number of amides is 3. The van der Waals surface area contributed by atoms with Crippen molar-refractivity contribution >= 4 is 11.9 Å². The maximum atomic E-state index is 13.8. The van der Waals surface area contributed by atoms with Crippen molar-refractivity contribution in [1.82, 2.24) is 20.5 Å². The molecule has 1 aromatic carbocycles. The molecule has 6 nitrogen and oxygen atoms in total. The zero-order chi connectivity index (χ0) is 22.2. The monoisotopic (exact) mass is 426 g/mol. The summed E-state index contributed by atoms with van der Waals surface area (Å²) >= 11 is 0. The molecule has 1 aliphatic heterocycles. The number of hydrogen-bond donors (Lipinski definition) is 2. The molecule has 2 heterocycles. The summed E-state index contributed by atoms with van der Waals surface area (Å²) in [6.07, 6.45) is 4.88. The molecule has 2 aromatic rings. The van der Waals surface area contributed by atoms with Gasteiger partial charge in [0.05, 0.1) is 24.2 Å². The van der Waals surface area contributed by atoms with Gasteiger partial charge in [0.2, 0.25) is 5.91 Å². The fourth-order valence-corrected chi connectivity index (χ4v) is 3.93. The minimum Gasteiger partial charge on any atom is -0.350 e. The maximum absolute atomic E-state index is 13.8. The molecule has 0 aliphatic carbocycles. The van der Waals surface area contributed by atoms with Crippen LogP contribution in [-0.4, -0.2) is 34.9 Å². The molecule has 31 heavy (non-hydrogen) atoms. The van der Waals surface area contributed by atoms with Gasteiger partial charge < -0.3 is 15.5 Å². The second-order valence-corrected chi connectivity index (χ2v) is 8.08. The SMILES string of the molecule is CCCCNC(=O)N1CC(C(=O)NCc2ccccn2)CCC1c1ccc(F)c(C)c1. The summed E-state index contributed by atoms with van der Waals surface area (Å²) in [5.74, 6) is -0.630. The molecular weight excluding hydrogens is 395 g/mol. The highest BCUT2D eigenvalue weighted by Gasteiger charge is 2.35. The number of carbonyl (C=O) groups is 2. The van der Waals surface area contributed by atoms with E-state index in [1.165, 1.54) is 6.07 Å². The number of unbranched alkanes of at least 4 members (excludes halogenated alkanes) is 1. The van der Waals surface area contributed by atoms with Crippen molar-refractivity contribution in [1.29, 1.82) is 0 Å². The van der Waals surface area contributed by atoms with Gasteiger partial charge >= 0.3 is 6.03 Å². The van der Waals surface area contributed by atoms with Crippen molar-refractivity contribution in [2.24, 2.45) is 5.92 Å². The van der Waals surface area contributed by atoms with Crippen LogP contribution < -0.4 is 10.6 Å². The summed E-state index contributed by atoms with van der Waals surface area (Å²) in [7, 11) is 0. The number of likely N-dealkylation sites (tertiary alicyclic amines) is 1. The van der Waals surface area contributed by atoms with Crippen molar-refractivity contribution < 1.29 is 14.0 Å². The second kappa shape index (κ2) is 10.9. The Morgan fingerprint density at radius 2 is 2.03 bits per heavy atom. The number of piperidine rings is 1. The lowest BCUT2D eigenvalue weighted by molar-refractivity contribution is -0.127. The zero-order valence-electron chi connectivity index (χ0n) is 18.2. The van der Waals surface area contributed by atoms with E-state index in [4.69, 9.17) is 0 Å². The van der Waals surface area contributed by atoms with Crippen LogP contribution in [0.2, 0.25) is 0 Å². The van der Waals surface area contributed by atoms with E-state index in [2.05, 4.69) is 22.5 Å². The number of rotatable bonds is 7. The van der Waals surface area contributed by atoms with Crippen LogP contribution in [0.1, 0.15) is 55.5 Å². The molecule has 0 saturated carbocycles. The van der Waals surface area contributed by atoms with Gasteiger partial charge in [0.25, 0.3) is 0 Å². The Hall–Kier alpha value is -2.96. The number of carbonyl (C=O) groups excluding carboxylic acids is 2. The Labute approximate surface area is 183 Å². The Bertz CT molecular complexity index is 890. The van der Waals surface area contributed by atoms with Crippen LogP contribution in [0.5, 0.6) is 0 Å². The van der Waals surface area contributed by atoms with Gasteiger partial charge in [-0.05, 0) is 55.5 Å². The van der Waals surface area contributed by atoms with E-state index in [-0.39, 0.29) is 29.7 Å². The fraction of sp³-hybridized carbons (Fsp3) is 0.458. The highest BCUT2D eigenvalue weighted by molar-refractivity contribution is 5.81. The van der Waals surface area contributed by atoms with Crippen LogP contribution in [0.25, 0.3) is 0 Å². The highest BCUT2D eigenvalue weighted by Crippen LogP contribution is 2.34. The highest BCUT2D eigenvalue weighted by atomic mass is 19.1. The predicted molar refractivity (Wildman–Crippen MR) is 118 cm³/mol. The molecule has 1 saturated heterocycles. The van der Waals surface area contributed by atoms with Gasteiger partial charge in [0, 0.05) is 19.3 Å². The first-order valence-electron chi connectivity index (χ1n) is 11.0. The topological polar surface area (TPSA) is 74.3 Å². The Balaban J connectivity index is 1.71. The molecule has 1 aromatic heterocycles. The molecule has 166 valence electrons. The number of aryl methyl sites for hydroxylation is 1. The zero-order valence-corrected chi connectivity index (χ0v) is 18.2. The number of halogens is 1. The first-order chi connectivity index (χ1) is 15.0. The number of urea groups is 1. The molecular formula is C24H31FN4O2. The van der Waals surface area contributed by atoms with Crippen LogP contribution in [0, 0.1) is 18.7 Å². The van der Waals surface area contributed by atoms with E-state index >= 15 is 0 Å². The summed E-state index contributed by atoms with van der Waals surface area (Å²) in [4.78, 5) is 31.7. The molecule has 2 atom stereocenters. The summed E-state index contributed by atoms with van der Waals surface area (Å²) in [5.41, 5.74) is 2.25. The van der Waals surface area contributed by atoms with Crippen LogP contribution in [0.3, 0.4) is 0 Å². The van der Waals surface area contributed by atoms with Crippen molar-refractivity contribution in [3.63, 3.8) is 0 Å². The summed E-state index contributed by atoms with van der Waals surface area (Å²) in [6, 6.07) is 10.2. The summed E-state index contributed by atoms with van der Waals surface area (Å²) in [5, 5.41) is 5.91. The predicted octanol–water partition coefficient (Wildman–Crippen LogP) is 4.11. The lowest BCUT2D eigenvalue weighted by atomic mass is 9.88. The molecule has 2 unspecified atom stereocenters. The number of aromatic nitrogens is 1. The first kappa shape index (κ1) is 22.7. The number of nitrogens with zero attached hydrogens (tertiary/aromatic N) is 2. The number of pyridine rings is 1. The molecule has 1 aliphatic rings. The molecule has 7 heteroatoms. The normalized spacial score (nSPS) is 18.5. The van der Waals surface area contributed by atoms with Crippen molar-refractivity contribution in [2.75, 3.05) is 13.1 Å². The molecule has 3 amide bonds. The van der Waals surface area contributed by atoms with Crippen LogP contribution in [0.4, 0.5) is 9.18 Å². The minimum atomic E-state index is -0.293. The van der Waals surface area contributed by atoms with Gasteiger partial charge in [-0.1, -0.05) is 31.5 Å². The van der Waals surface area contributed by atoms with Crippen molar-refractivity contribution in [3.05, 3.63) is 65.2 Å². The van der Waals surface area contributed by atoms with E-state index in [9.17, 15) is 14.0 Å².